The molecule has 118 valence electrons. The van der Waals surface area contributed by atoms with E-state index >= 15 is 0 Å². The lowest BCUT2D eigenvalue weighted by atomic mass is 9.71. The van der Waals surface area contributed by atoms with E-state index < -0.39 is 0 Å². The van der Waals surface area contributed by atoms with Crippen LogP contribution in [-0.2, 0) is 11.3 Å². The van der Waals surface area contributed by atoms with Crippen molar-refractivity contribution >= 4 is 10.8 Å². The molecular formula is C20H26O2. The number of aliphatic hydroxyl groups excluding tert-OH is 1. The maximum atomic E-state index is 9.68. The molecule has 0 saturated heterocycles. The van der Waals surface area contributed by atoms with Crippen LogP contribution >= 0.6 is 0 Å². The number of fused-ring (bicyclic) bond motifs is 1. The Hall–Kier alpha value is -1.38. The van der Waals surface area contributed by atoms with Crippen molar-refractivity contribution in [3.63, 3.8) is 0 Å². The van der Waals surface area contributed by atoms with E-state index in [4.69, 9.17) is 4.74 Å². The summed E-state index contributed by atoms with van der Waals surface area (Å²) < 4.78 is 6.21. The van der Waals surface area contributed by atoms with Gasteiger partial charge >= 0.3 is 0 Å². The van der Waals surface area contributed by atoms with Gasteiger partial charge in [0.25, 0.3) is 0 Å². The van der Waals surface area contributed by atoms with Gasteiger partial charge in [-0.15, -0.1) is 0 Å². The monoisotopic (exact) mass is 298 g/mol. The van der Waals surface area contributed by atoms with Crippen LogP contribution in [0.2, 0.25) is 0 Å². The molecule has 0 radical (unpaired) electrons. The first-order valence-electron chi connectivity index (χ1n) is 8.28. The fourth-order valence-electron chi connectivity index (χ4n) is 3.73. The average Bonchev–Trinajstić information content (AvgIpc) is 2.53. The van der Waals surface area contributed by atoms with Crippen molar-refractivity contribution in [3.8, 4) is 0 Å². The van der Waals surface area contributed by atoms with E-state index in [-0.39, 0.29) is 18.6 Å². The van der Waals surface area contributed by atoms with Gasteiger partial charge in [-0.05, 0) is 41.0 Å². The fraction of sp³-hybridized carbons (Fsp3) is 0.500. The smallest absolute Gasteiger partial charge is 0.0726 e. The van der Waals surface area contributed by atoms with Gasteiger partial charge in [-0.25, -0.2) is 0 Å². The normalized spacial score (nSPS) is 24.5. The van der Waals surface area contributed by atoms with E-state index in [0.29, 0.717) is 12.0 Å². The van der Waals surface area contributed by atoms with Crippen molar-refractivity contribution in [2.45, 2.75) is 45.8 Å². The lowest BCUT2D eigenvalue weighted by Crippen LogP contribution is -2.37. The predicted octanol–water partition coefficient (Wildman–Crippen LogP) is 4.54. The van der Waals surface area contributed by atoms with Crippen molar-refractivity contribution < 1.29 is 9.84 Å². The van der Waals surface area contributed by atoms with Crippen LogP contribution in [0.25, 0.3) is 10.8 Å². The zero-order chi connectivity index (χ0) is 15.6. The lowest BCUT2D eigenvalue weighted by molar-refractivity contribution is -0.0620. The maximum Gasteiger partial charge on any atom is 0.0726 e. The van der Waals surface area contributed by atoms with Crippen LogP contribution in [0, 0.1) is 11.3 Å². The SMILES string of the molecule is CC1(C)CCC(OCc2cccc3ccccc23)C(CO)C1. The van der Waals surface area contributed by atoms with Gasteiger partial charge in [0.05, 0.1) is 12.7 Å². The summed E-state index contributed by atoms with van der Waals surface area (Å²) >= 11 is 0. The van der Waals surface area contributed by atoms with Gasteiger partial charge in [0, 0.05) is 12.5 Å². The quantitative estimate of drug-likeness (QED) is 0.897. The van der Waals surface area contributed by atoms with Crippen molar-refractivity contribution in [2.75, 3.05) is 6.61 Å². The molecule has 0 aliphatic heterocycles. The molecule has 0 heterocycles. The summed E-state index contributed by atoms with van der Waals surface area (Å²) in [5, 5.41) is 12.2. The molecule has 1 aliphatic rings. The van der Waals surface area contributed by atoms with Gasteiger partial charge in [-0.1, -0.05) is 56.3 Å². The highest BCUT2D eigenvalue weighted by Crippen LogP contribution is 2.40. The molecule has 2 aromatic carbocycles. The molecule has 2 nitrogen and oxygen atoms in total. The highest BCUT2D eigenvalue weighted by molar-refractivity contribution is 5.85. The fourth-order valence-corrected chi connectivity index (χ4v) is 3.73. The van der Waals surface area contributed by atoms with E-state index in [1.165, 1.54) is 22.8 Å². The minimum Gasteiger partial charge on any atom is -0.396 e. The largest absolute Gasteiger partial charge is 0.396 e. The van der Waals surface area contributed by atoms with Gasteiger partial charge < -0.3 is 9.84 Å². The second-order valence-corrected chi connectivity index (χ2v) is 7.34. The summed E-state index contributed by atoms with van der Waals surface area (Å²) in [7, 11) is 0. The maximum absolute atomic E-state index is 9.68. The number of ether oxygens (including phenoxy) is 1. The Kier molecular flexibility index (Phi) is 4.51. The number of hydrogen-bond acceptors (Lipinski definition) is 2. The summed E-state index contributed by atoms with van der Waals surface area (Å²) in [6.07, 6.45) is 3.44. The predicted molar refractivity (Wildman–Crippen MR) is 90.7 cm³/mol. The Bertz CT molecular complexity index is 627. The van der Waals surface area contributed by atoms with Crippen LogP contribution in [0.4, 0.5) is 0 Å². The van der Waals surface area contributed by atoms with Crippen molar-refractivity contribution in [3.05, 3.63) is 48.0 Å². The lowest BCUT2D eigenvalue weighted by Gasteiger charge is -2.39. The molecule has 22 heavy (non-hydrogen) atoms. The Morgan fingerprint density at radius 3 is 2.73 bits per heavy atom. The minimum atomic E-state index is 0.178. The van der Waals surface area contributed by atoms with Crippen LogP contribution in [0.1, 0.15) is 38.7 Å². The van der Waals surface area contributed by atoms with Crippen LogP contribution in [0.15, 0.2) is 42.5 Å². The van der Waals surface area contributed by atoms with E-state index in [1.54, 1.807) is 0 Å². The van der Waals surface area contributed by atoms with Crippen LogP contribution < -0.4 is 0 Å². The highest BCUT2D eigenvalue weighted by atomic mass is 16.5. The van der Waals surface area contributed by atoms with E-state index in [0.717, 1.165) is 12.8 Å². The Labute approximate surface area is 133 Å². The van der Waals surface area contributed by atoms with Gasteiger partial charge in [0.15, 0.2) is 0 Å². The molecule has 0 amide bonds. The molecule has 1 N–H and O–H groups in total. The summed E-state index contributed by atoms with van der Waals surface area (Å²) in [6.45, 7) is 5.43. The van der Waals surface area contributed by atoms with Crippen LogP contribution in [0.5, 0.6) is 0 Å². The zero-order valence-electron chi connectivity index (χ0n) is 13.6. The minimum absolute atomic E-state index is 0.178. The van der Waals surface area contributed by atoms with Crippen LogP contribution in [0.3, 0.4) is 0 Å². The van der Waals surface area contributed by atoms with Gasteiger partial charge in [0.2, 0.25) is 0 Å². The summed E-state index contributed by atoms with van der Waals surface area (Å²) in [5.74, 6) is 0.263. The second kappa shape index (κ2) is 6.39. The number of benzene rings is 2. The Morgan fingerprint density at radius 2 is 1.91 bits per heavy atom. The first-order chi connectivity index (χ1) is 10.6. The molecule has 0 bridgehead atoms. The zero-order valence-corrected chi connectivity index (χ0v) is 13.6. The molecule has 2 unspecified atom stereocenters. The van der Waals surface area contributed by atoms with Crippen molar-refractivity contribution in [1.29, 1.82) is 0 Å². The number of hydrogen-bond donors (Lipinski definition) is 1. The number of rotatable bonds is 4. The molecule has 2 aromatic rings. The van der Waals surface area contributed by atoms with Gasteiger partial charge in [0.1, 0.15) is 0 Å². The molecule has 1 fully saturated rings. The van der Waals surface area contributed by atoms with Gasteiger partial charge in [-0.2, -0.15) is 0 Å². The second-order valence-electron chi connectivity index (χ2n) is 7.34. The third-order valence-corrected chi connectivity index (χ3v) is 5.01. The first kappa shape index (κ1) is 15.5. The van der Waals surface area contributed by atoms with E-state index in [2.05, 4.69) is 56.3 Å². The molecule has 2 heteroatoms. The van der Waals surface area contributed by atoms with Crippen molar-refractivity contribution in [1.82, 2.24) is 0 Å². The standard InChI is InChI=1S/C20H26O2/c1-20(2)11-10-19(17(12-20)13-21)22-14-16-8-5-7-15-6-3-4-9-18(15)16/h3-9,17,19,21H,10-14H2,1-2H3. The van der Waals surface area contributed by atoms with Crippen LogP contribution in [-0.4, -0.2) is 17.8 Å². The molecule has 1 saturated carbocycles. The summed E-state index contributed by atoms with van der Waals surface area (Å²) in [6, 6.07) is 14.8. The summed E-state index contributed by atoms with van der Waals surface area (Å²) in [5.41, 5.74) is 1.56. The third kappa shape index (κ3) is 3.34. The molecule has 3 rings (SSSR count). The van der Waals surface area contributed by atoms with E-state index in [9.17, 15) is 5.11 Å². The molecule has 2 atom stereocenters. The molecule has 1 aliphatic carbocycles. The topological polar surface area (TPSA) is 29.5 Å². The summed E-state index contributed by atoms with van der Waals surface area (Å²) in [4.78, 5) is 0. The Balaban J connectivity index is 1.71. The molecule has 0 aromatic heterocycles. The molecular weight excluding hydrogens is 272 g/mol. The number of aliphatic hydroxyl groups is 1. The van der Waals surface area contributed by atoms with E-state index in [1.807, 2.05) is 0 Å². The highest BCUT2D eigenvalue weighted by Gasteiger charge is 2.35. The van der Waals surface area contributed by atoms with Crippen molar-refractivity contribution in [2.24, 2.45) is 11.3 Å². The molecule has 0 spiro atoms. The Morgan fingerprint density at radius 1 is 1.14 bits per heavy atom. The first-order valence-corrected chi connectivity index (χ1v) is 8.28. The van der Waals surface area contributed by atoms with Gasteiger partial charge in [-0.3, -0.25) is 0 Å². The average molecular weight is 298 g/mol. The third-order valence-electron chi connectivity index (χ3n) is 5.01.